The maximum absolute atomic E-state index is 12.8. The van der Waals surface area contributed by atoms with E-state index in [9.17, 15) is 14.7 Å². The van der Waals surface area contributed by atoms with Crippen LogP contribution in [-0.4, -0.2) is 64.8 Å². The summed E-state index contributed by atoms with van der Waals surface area (Å²) in [7, 11) is 1.51. The number of rotatable bonds is 9. The maximum Gasteiger partial charge on any atom is 0.407 e. The number of pyridine rings is 1. The number of amides is 2. The Morgan fingerprint density at radius 1 is 1.39 bits per heavy atom. The molecule has 10 nitrogen and oxygen atoms in total. The van der Waals surface area contributed by atoms with Crippen molar-refractivity contribution in [2.24, 2.45) is 0 Å². The Morgan fingerprint density at radius 2 is 2.22 bits per heavy atom. The highest BCUT2D eigenvalue weighted by Gasteiger charge is 2.32. The summed E-state index contributed by atoms with van der Waals surface area (Å²) in [6.45, 7) is 1.59. The molecule has 0 saturated carbocycles. The fourth-order valence-corrected chi connectivity index (χ4v) is 4.58. The molecule has 4 N–H and O–H groups in total. The lowest BCUT2D eigenvalue weighted by atomic mass is 10.1. The third-order valence-electron chi connectivity index (χ3n) is 6.02. The van der Waals surface area contributed by atoms with Crippen molar-refractivity contribution in [1.82, 2.24) is 20.5 Å². The zero-order valence-corrected chi connectivity index (χ0v) is 21.1. The fourth-order valence-electron chi connectivity index (χ4n) is 4.01. The van der Waals surface area contributed by atoms with E-state index in [1.54, 1.807) is 30.6 Å². The third-order valence-corrected chi connectivity index (χ3v) is 6.62. The molecular weight excluding hydrogens is 506 g/mol. The normalized spacial score (nSPS) is 17.1. The van der Waals surface area contributed by atoms with Crippen LogP contribution in [-0.2, 0) is 11.3 Å². The van der Waals surface area contributed by atoms with E-state index in [0.29, 0.717) is 59.5 Å². The smallest absolute Gasteiger partial charge is 0.407 e. The molecule has 190 valence electrons. The van der Waals surface area contributed by atoms with Gasteiger partial charge in [0.1, 0.15) is 17.3 Å². The minimum atomic E-state index is -0.946. The van der Waals surface area contributed by atoms with Gasteiger partial charge in [0, 0.05) is 43.5 Å². The number of likely N-dealkylation sites (tertiary alicyclic amines) is 1. The summed E-state index contributed by atoms with van der Waals surface area (Å²) in [6, 6.07) is 6.86. The molecule has 1 aromatic heterocycles. The molecule has 2 amide bonds. The van der Waals surface area contributed by atoms with Crippen LogP contribution in [0.4, 0.5) is 10.5 Å². The van der Waals surface area contributed by atoms with Gasteiger partial charge < -0.3 is 35.4 Å². The van der Waals surface area contributed by atoms with Crippen molar-refractivity contribution >= 4 is 46.5 Å². The number of benzene rings is 1. The second kappa shape index (κ2) is 11.4. The van der Waals surface area contributed by atoms with Crippen LogP contribution in [0, 0.1) is 0 Å². The number of anilines is 1. The van der Waals surface area contributed by atoms with Crippen LogP contribution in [0.2, 0.25) is 5.02 Å². The molecule has 1 atom stereocenters. The molecule has 0 unspecified atom stereocenters. The number of carboxylic acid groups (broad SMARTS) is 1. The van der Waals surface area contributed by atoms with Gasteiger partial charge in [-0.05, 0) is 24.6 Å². The monoisotopic (exact) mass is 531 g/mol. The molecule has 2 aromatic rings. The second-order valence-corrected chi connectivity index (χ2v) is 9.02. The molecule has 1 saturated heterocycles. The Kier molecular flexibility index (Phi) is 8.11. The molecule has 1 fully saturated rings. The molecule has 36 heavy (non-hydrogen) atoms. The number of hydrogen-bond donors (Lipinski definition) is 4. The van der Waals surface area contributed by atoms with Gasteiger partial charge in [-0.1, -0.05) is 29.9 Å². The van der Waals surface area contributed by atoms with Gasteiger partial charge in [-0.15, -0.1) is 0 Å². The number of hydrogen-bond acceptors (Lipinski definition) is 7. The first-order valence-corrected chi connectivity index (χ1v) is 12.1. The molecular formula is C24H26ClN5O5S. The van der Waals surface area contributed by atoms with Crippen LogP contribution in [0.25, 0.3) is 0 Å². The first kappa shape index (κ1) is 25.5. The lowest BCUT2D eigenvalue weighted by Gasteiger charge is -2.38. The topological polar surface area (TPSA) is 125 Å². The van der Waals surface area contributed by atoms with Crippen molar-refractivity contribution in [2.45, 2.75) is 25.4 Å². The van der Waals surface area contributed by atoms with E-state index < -0.39 is 6.09 Å². The number of carbonyl (C=O) groups excluding carboxylic acids is 1. The highest BCUT2D eigenvalue weighted by Crippen LogP contribution is 2.33. The summed E-state index contributed by atoms with van der Waals surface area (Å²) in [5.74, 6) is 0.695. The number of para-hydroxylation sites is 1. The first-order valence-electron chi connectivity index (χ1n) is 11.3. The van der Waals surface area contributed by atoms with Crippen molar-refractivity contribution in [3.05, 3.63) is 58.5 Å². The highest BCUT2D eigenvalue weighted by atomic mass is 35.5. The van der Waals surface area contributed by atoms with Crippen LogP contribution in [0.1, 0.15) is 18.4 Å². The molecule has 4 rings (SSSR count). The van der Waals surface area contributed by atoms with E-state index in [-0.39, 0.29) is 23.5 Å². The number of ether oxygens (including phenoxy) is 2. The zero-order chi connectivity index (χ0) is 25.7. The van der Waals surface area contributed by atoms with Gasteiger partial charge in [-0.2, -0.15) is 0 Å². The van der Waals surface area contributed by atoms with Crippen LogP contribution in [0.3, 0.4) is 0 Å². The quantitative estimate of drug-likeness (QED) is 0.361. The summed E-state index contributed by atoms with van der Waals surface area (Å²) < 4.78 is 11.3. The van der Waals surface area contributed by atoms with Gasteiger partial charge >= 0.3 is 6.09 Å². The molecule has 2 aliphatic rings. The number of methoxy groups -OCH3 is 1. The molecule has 0 spiro atoms. The van der Waals surface area contributed by atoms with Crippen LogP contribution < -0.4 is 25.4 Å². The number of thiocarbonyl (C=S) groups is 1. The van der Waals surface area contributed by atoms with Gasteiger partial charge in [-0.3, -0.25) is 9.78 Å². The Labute approximate surface area is 218 Å². The van der Waals surface area contributed by atoms with Crippen LogP contribution in [0.15, 0.2) is 47.9 Å². The summed E-state index contributed by atoms with van der Waals surface area (Å²) in [5, 5.41) is 18.8. The lowest BCUT2D eigenvalue weighted by Crippen LogP contribution is -2.53. The van der Waals surface area contributed by atoms with Crippen molar-refractivity contribution in [3.8, 4) is 11.5 Å². The third kappa shape index (κ3) is 5.63. The fraction of sp³-hybridized carbons (Fsp3) is 0.333. The van der Waals surface area contributed by atoms with Gasteiger partial charge in [0.25, 0.3) is 5.91 Å². The Balaban J connectivity index is 1.48. The molecule has 0 bridgehead atoms. The predicted molar refractivity (Wildman–Crippen MR) is 139 cm³/mol. The predicted octanol–water partition coefficient (Wildman–Crippen LogP) is 3.18. The SMILES string of the molecule is COc1c(Cl)cccc1NC(=S)C1=C(NCc2ccncc2OC[C@H]2CCN2C(=O)O)CCNC1=O. The van der Waals surface area contributed by atoms with E-state index in [0.717, 1.165) is 12.0 Å². The average Bonchev–Trinajstić information content (AvgIpc) is 2.82. The molecule has 1 aromatic carbocycles. The molecule has 12 heteroatoms. The number of nitrogens with one attached hydrogen (secondary N) is 3. The number of nitrogens with zero attached hydrogens (tertiary/aromatic N) is 2. The van der Waals surface area contributed by atoms with Gasteiger partial charge in [0.05, 0.1) is 35.6 Å². The average molecular weight is 532 g/mol. The molecule has 0 aliphatic carbocycles. The highest BCUT2D eigenvalue weighted by molar-refractivity contribution is 7.81. The minimum absolute atomic E-state index is 0.174. The summed E-state index contributed by atoms with van der Waals surface area (Å²) in [5.41, 5.74) is 2.40. The summed E-state index contributed by atoms with van der Waals surface area (Å²) in [4.78, 5) is 29.7. The molecule has 0 radical (unpaired) electrons. The maximum atomic E-state index is 12.8. The van der Waals surface area contributed by atoms with E-state index in [1.165, 1.54) is 12.0 Å². The lowest BCUT2D eigenvalue weighted by molar-refractivity contribution is -0.117. The zero-order valence-electron chi connectivity index (χ0n) is 19.5. The second-order valence-electron chi connectivity index (χ2n) is 8.20. The Bertz CT molecular complexity index is 1210. The molecule has 3 heterocycles. The van der Waals surface area contributed by atoms with Crippen LogP contribution >= 0.6 is 23.8 Å². The van der Waals surface area contributed by atoms with E-state index >= 15 is 0 Å². The largest absolute Gasteiger partial charge is 0.493 e. The minimum Gasteiger partial charge on any atom is -0.493 e. The van der Waals surface area contributed by atoms with Crippen molar-refractivity contribution in [1.29, 1.82) is 0 Å². The van der Waals surface area contributed by atoms with Crippen molar-refractivity contribution in [3.63, 3.8) is 0 Å². The Morgan fingerprint density at radius 3 is 2.94 bits per heavy atom. The van der Waals surface area contributed by atoms with Gasteiger partial charge in [-0.25, -0.2) is 4.79 Å². The number of aromatic nitrogens is 1. The summed E-state index contributed by atoms with van der Waals surface area (Å²) >= 11 is 11.8. The first-order chi connectivity index (χ1) is 17.4. The summed E-state index contributed by atoms with van der Waals surface area (Å²) in [6.07, 6.45) is 3.62. The standard InChI is InChI=1S/C24H26ClN5O5S/c1-34-21-16(25)3-2-4-18(21)29-23(36)20-17(6-9-27-22(20)31)28-11-14-5-8-26-12-19(14)35-13-15-7-10-30(15)24(32)33/h2-5,8,12,15,28H,6-7,9-11,13H2,1H3,(H,27,31)(H,29,36)(H,32,33)/t15-/m1/s1. The van der Waals surface area contributed by atoms with Crippen molar-refractivity contribution in [2.75, 3.05) is 32.1 Å². The van der Waals surface area contributed by atoms with Gasteiger partial charge in [0.2, 0.25) is 0 Å². The van der Waals surface area contributed by atoms with E-state index in [2.05, 4.69) is 20.9 Å². The number of carbonyl (C=O) groups is 2. The Hall–Kier alpha value is -3.57. The van der Waals surface area contributed by atoms with E-state index in [1.807, 2.05) is 6.07 Å². The van der Waals surface area contributed by atoms with E-state index in [4.69, 9.17) is 33.3 Å². The molecule has 2 aliphatic heterocycles. The van der Waals surface area contributed by atoms with Gasteiger partial charge in [0.15, 0.2) is 5.75 Å². The number of halogens is 1. The van der Waals surface area contributed by atoms with Crippen LogP contribution in [0.5, 0.6) is 11.5 Å². The van der Waals surface area contributed by atoms with Crippen molar-refractivity contribution < 1.29 is 24.2 Å².